The number of benzene rings is 2. The summed E-state index contributed by atoms with van der Waals surface area (Å²) in [5, 5.41) is 12.1. The molecule has 204 valence electrons. The number of para-hydroxylation sites is 1. The fourth-order valence-electron chi connectivity index (χ4n) is 4.25. The maximum atomic E-state index is 12.3. The van der Waals surface area contributed by atoms with E-state index in [4.69, 9.17) is 14.8 Å². The monoisotopic (exact) mass is 528 g/mol. The molecule has 2 heterocycles. The van der Waals surface area contributed by atoms with Gasteiger partial charge in [0.15, 0.2) is 0 Å². The van der Waals surface area contributed by atoms with Crippen LogP contribution >= 0.6 is 0 Å². The van der Waals surface area contributed by atoms with Gasteiger partial charge in [-0.25, -0.2) is 9.97 Å². The highest BCUT2D eigenvalue weighted by Gasteiger charge is 2.18. The molecule has 2 aromatic carbocycles. The Morgan fingerprint density at radius 3 is 2.59 bits per heavy atom. The molecule has 0 saturated heterocycles. The Hall–Kier alpha value is -4.44. The summed E-state index contributed by atoms with van der Waals surface area (Å²) < 4.78 is 7.72. The van der Waals surface area contributed by atoms with Crippen molar-refractivity contribution in [3.05, 3.63) is 61.3 Å². The minimum Gasteiger partial charge on any atom is -0.494 e. The molecule has 4 aromatic rings. The van der Waals surface area contributed by atoms with Gasteiger partial charge in [-0.05, 0) is 52.2 Å². The SMILES string of the molecule is C=CC(=O)Nc1cc(Nc2nccc(-c3nn(C(C)C)c4ccccc34)n2)c(OC)cc1N(C)CCN(C)C. The molecule has 4 rings (SSSR count). The Morgan fingerprint density at radius 1 is 1.13 bits per heavy atom. The van der Waals surface area contributed by atoms with E-state index < -0.39 is 0 Å². The summed E-state index contributed by atoms with van der Waals surface area (Å²) in [4.78, 5) is 25.6. The van der Waals surface area contributed by atoms with E-state index in [0.717, 1.165) is 35.4 Å². The van der Waals surface area contributed by atoms with Crippen LogP contribution in [0.2, 0.25) is 0 Å². The van der Waals surface area contributed by atoms with Crippen molar-refractivity contribution in [2.75, 3.05) is 56.9 Å². The largest absolute Gasteiger partial charge is 0.494 e. The third kappa shape index (κ3) is 6.18. The summed E-state index contributed by atoms with van der Waals surface area (Å²) in [7, 11) is 7.62. The van der Waals surface area contributed by atoms with Crippen LogP contribution in [-0.2, 0) is 4.79 Å². The van der Waals surface area contributed by atoms with Crippen molar-refractivity contribution in [1.82, 2.24) is 24.6 Å². The van der Waals surface area contributed by atoms with Crippen LogP contribution in [0.25, 0.3) is 22.3 Å². The average Bonchev–Trinajstić information content (AvgIpc) is 3.32. The smallest absolute Gasteiger partial charge is 0.247 e. The standard InChI is InChI=1S/C29H36N8O2/c1-8-27(38)31-22-17-23(26(39-7)18-25(22)36(6)16-15-35(4)5)33-29-30-14-13-21(32-29)28-20-11-9-10-12-24(20)37(34-28)19(2)3/h8-14,17-19H,1,15-16H2,2-7H3,(H,31,38)(H,30,32,33). The third-order valence-electron chi connectivity index (χ3n) is 6.30. The molecule has 0 spiro atoms. The van der Waals surface area contributed by atoms with Crippen molar-refractivity contribution >= 4 is 39.8 Å². The van der Waals surface area contributed by atoms with Gasteiger partial charge in [0.2, 0.25) is 11.9 Å². The molecule has 0 unspecified atom stereocenters. The molecule has 0 saturated carbocycles. The van der Waals surface area contributed by atoms with Crippen LogP contribution < -0.4 is 20.3 Å². The van der Waals surface area contributed by atoms with Crippen molar-refractivity contribution in [2.45, 2.75) is 19.9 Å². The van der Waals surface area contributed by atoms with Crippen LogP contribution in [-0.4, -0.2) is 71.9 Å². The Kier molecular flexibility index (Phi) is 8.46. The zero-order chi connectivity index (χ0) is 28.1. The number of aromatic nitrogens is 4. The summed E-state index contributed by atoms with van der Waals surface area (Å²) in [6.45, 7) is 9.39. The highest BCUT2D eigenvalue weighted by atomic mass is 16.5. The first kappa shape index (κ1) is 27.6. The number of carbonyl (C=O) groups is 1. The van der Waals surface area contributed by atoms with Crippen molar-refractivity contribution in [3.8, 4) is 17.1 Å². The van der Waals surface area contributed by atoms with Crippen molar-refractivity contribution in [1.29, 1.82) is 0 Å². The van der Waals surface area contributed by atoms with Gasteiger partial charge in [0.05, 0.1) is 35.4 Å². The van der Waals surface area contributed by atoms with Gasteiger partial charge in [-0.15, -0.1) is 0 Å². The zero-order valence-corrected chi connectivity index (χ0v) is 23.4. The molecule has 0 radical (unpaired) electrons. The molecule has 0 aliphatic heterocycles. The number of nitrogens with one attached hydrogen (secondary N) is 2. The molecule has 0 bridgehead atoms. The van der Waals surface area contributed by atoms with E-state index in [2.05, 4.69) is 58.0 Å². The Balaban J connectivity index is 1.72. The van der Waals surface area contributed by atoms with Gasteiger partial charge in [0.25, 0.3) is 0 Å². The summed E-state index contributed by atoms with van der Waals surface area (Å²) in [5.74, 6) is 0.657. The van der Waals surface area contributed by atoms with Crippen LogP contribution in [0.5, 0.6) is 5.75 Å². The number of ether oxygens (including phenoxy) is 1. The number of hydrogen-bond donors (Lipinski definition) is 2. The molecule has 2 aromatic heterocycles. The summed E-state index contributed by atoms with van der Waals surface area (Å²) in [5.41, 5.74) is 4.57. The van der Waals surface area contributed by atoms with E-state index in [9.17, 15) is 4.79 Å². The number of amides is 1. The fourth-order valence-corrected chi connectivity index (χ4v) is 4.25. The predicted molar refractivity (Wildman–Crippen MR) is 158 cm³/mol. The lowest BCUT2D eigenvalue weighted by Crippen LogP contribution is -2.29. The number of hydrogen-bond acceptors (Lipinski definition) is 8. The summed E-state index contributed by atoms with van der Waals surface area (Å²) >= 11 is 0. The van der Waals surface area contributed by atoms with E-state index in [1.165, 1.54) is 6.08 Å². The molecule has 10 heteroatoms. The van der Waals surface area contributed by atoms with Gasteiger partial charge in [-0.2, -0.15) is 5.10 Å². The van der Waals surface area contributed by atoms with Crippen molar-refractivity contribution in [2.24, 2.45) is 0 Å². The van der Waals surface area contributed by atoms with Crippen molar-refractivity contribution < 1.29 is 9.53 Å². The molecule has 0 aliphatic rings. The number of anilines is 4. The second-order valence-electron chi connectivity index (χ2n) is 9.78. The molecule has 10 nitrogen and oxygen atoms in total. The molecular formula is C29H36N8O2. The highest BCUT2D eigenvalue weighted by Crippen LogP contribution is 2.38. The second-order valence-corrected chi connectivity index (χ2v) is 9.78. The first-order chi connectivity index (χ1) is 18.7. The Bertz CT molecular complexity index is 1480. The van der Waals surface area contributed by atoms with E-state index in [-0.39, 0.29) is 11.9 Å². The van der Waals surface area contributed by atoms with E-state index in [0.29, 0.717) is 28.8 Å². The maximum Gasteiger partial charge on any atom is 0.247 e. The Morgan fingerprint density at radius 2 is 1.90 bits per heavy atom. The van der Waals surface area contributed by atoms with Gasteiger partial charge in [-0.3, -0.25) is 9.48 Å². The fraction of sp³-hybridized carbons (Fsp3) is 0.310. The molecule has 39 heavy (non-hydrogen) atoms. The minimum atomic E-state index is -0.306. The lowest BCUT2D eigenvalue weighted by Gasteiger charge is -2.26. The van der Waals surface area contributed by atoms with Crippen LogP contribution in [0.1, 0.15) is 19.9 Å². The highest BCUT2D eigenvalue weighted by molar-refractivity contribution is 6.02. The van der Waals surface area contributed by atoms with Gasteiger partial charge < -0.3 is 25.2 Å². The van der Waals surface area contributed by atoms with Gasteiger partial charge in [0, 0.05) is 43.8 Å². The number of likely N-dealkylation sites (N-methyl/N-ethyl adjacent to an activating group) is 2. The van der Waals surface area contributed by atoms with Gasteiger partial charge >= 0.3 is 0 Å². The van der Waals surface area contributed by atoms with Crippen LogP contribution in [0.15, 0.2) is 61.3 Å². The lowest BCUT2D eigenvalue weighted by atomic mass is 10.1. The lowest BCUT2D eigenvalue weighted by molar-refractivity contribution is -0.111. The predicted octanol–water partition coefficient (Wildman–Crippen LogP) is 4.95. The van der Waals surface area contributed by atoms with E-state index in [1.54, 1.807) is 13.3 Å². The Labute approximate surface area is 229 Å². The molecule has 2 N–H and O–H groups in total. The van der Waals surface area contributed by atoms with Gasteiger partial charge in [-0.1, -0.05) is 24.8 Å². The average molecular weight is 529 g/mol. The van der Waals surface area contributed by atoms with Crippen LogP contribution in [0.3, 0.4) is 0 Å². The number of nitrogens with zero attached hydrogens (tertiary/aromatic N) is 6. The normalized spacial score (nSPS) is 11.2. The molecule has 1 amide bonds. The van der Waals surface area contributed by atoms with Crippen LogP contribution in [0.4, 0.5) is 23.0 Å². The number of carbonyl (C=O) groups excluding carboxylic acids is 1. The van der Waals surface area contributed by atoms with E-state index in [1.807, 2.05) is 56.2 Å². The number of methoxy groups -OCH3 is 1. The second kappa shape index (κ2) is 12.0. The topological polar surface area (TPSA) is 100 Å². The first-order valence-electron chi connectivity index (χ1n) is 12.8. The van der Waals surface area contributed by atoms with Crippen molar-refractivity contribution in [3.63, 3.8) is 0 Å². The van der Waals surface area contributed by atoms with Crippen LogP contribution in [0, 0.1) is 0 Å². The molecular weight excluding hydrogens is 492 g/mol. The number of fused-ring (bicyclic) bond motifs is 1. The molecule has 0 aliphatic carbocycles. The summed E-state index contributed by atoms with van der Waals surface area (Å²) in [6, 6.07) is 13.9. The third-order valence-corrected chi connectivity index (χ3v) is 6.30. The minimum absolute atomic E-state index is 0.200. The molecule has 0 fully saturated rings. The first-order valence-corrected chi connectivity index (χ1v) is 12.8. The summed E-state index contributed by atoms with van der Waals surface area (Å²) in [6.07, 6.45) is 2.94. The van der Waals surface area contributed by atoms with Gasteiger partial charge in [0.1, 0.15) is 11.4 Å². The molecule has 0 atom stereocenters. The quantitative estimate of drug-likeness (QED) is 0.264. The van der Waals surface area contributed by atoms with E-state index >= 15 is 0 Å². The zero-order valence-electron chi connectivity index (χ0n) is 23.4. The maximum absolute atomic E-state index is 12.3. The number of rotatable bonds is 11.